The molecule has 1 aromatic carbocycles. The van der Waals surface area contributed by atoms with E-state index in [0.29, 0.717) is 36.5 Å². The van der Waals surface area contributed by atoms with Gasteiger partial charge >= 0.3 is 0 Å². The molecule has 27 heavy (non-hydrogen) atoms. The number of hydrogen-bond acceptors (Lipinski definition) is 4. The average molecular weight is 416 g/mol. The Balaban J connectivity index is 0.00000261. The number of carbonyl (C=O) groups is 1. The summed E-state index contributed by atoms with van der Waals surface area (Å²) in [5.74, 6) is 0.600. The van der Waals surface area contributed by atoms with Crippen LogP contribution in [-0.4, -0.2) is 50.9 Å². The third-order valence-electron chi connectivity index (χ3n) is 5.51. The summed E-state index contributed by atoms with van der Waals surface area (Å²) in [6.07, 6.45) is 3.35. The first kappa shape index (κ1) is 22.1. The van der Waals surface area contributed by atoms with Crippen molar-refractivity contribution in [1.82, 2.24) is 14.9 Å². The van der Waals surface area contributed by atoms with E-state index >= 15 is 0 Å². The van der Waals surface area contributed by atoms with Crippen LogP contribution in [0.1, 0.15) is 32.6 Å². The van der Waals surface area contributed by atoms with Crippen LogP contribution in [0.2, 0.25) is 0 Å². The highest BCUT2D eigenvalue weighted by Gasteiger charge is 2.30. The Morgan fingerprint density at radius 1 is 1.19 bits per heavy atom. The lowest BCUT2D eigenvalue weighted by molar-refractivity contribution is -0.126. The highest BCUT2D eigenvalue weighted by Crippen LogP contribution is 2.23. The molecule has 2 aliphatic heterocycles. The van der Waals surface area contributed by atoms with Crippen molar-refractivity contribution < 1.29 is 13.2 Å². The Morgan fingerprint density at radius 2 is 1.85 bits per heavy atom. The predicted octanol–water partition coefficient (Wildman–Crippen LogP) is 2.01. The maximum Gasteiger partial charge on any atom is 0.243 e. The van der Waals surface area contributed by atoms with Crippen LogP contribution in [0.25, 0.3) is 0 Å². The van der Waals surface area contributed by atoms with E-state index in [1.807, 2.05) is 6.07 Å². The van der Waals surface area contributed by atoms with Crippen molar-refractivity contribution in [1.29, 1.82) is 0 Å². The molecule has 0 spiro atoms. The van der Waals surface area contributed by atoms with E-state index in [4.69, 9.17) is 0 Å². The summed E-state index contributed by atoms with van der Waals surface area (Å²) in [5.41, 5.74) is 0. The second kappa shape index (κ2) is 9.87. The Morgan fingerprint density at radius 3 is 2.48 bits per heavy atom. The second-order valence-electron chi connectivity index (χ2n) is 7.48. The molecule has 2 aliphatic rings. The largest absolute Gasteiger partial charge is 0.356 e. The fourth-order valence-corrected chi connectivity index (χ4v) is 5.35. The van der Waals surface area contributed by atoms with Crippen LogP contribution in [0, 0.1) is 11.8 Å². The van der Waals surface area contributed by atoms with Crippen LogP contribution in [0.5, 0.6) is 0 Å². The number of nitrogens with zero attached hydrogens (tertiary/aromatic N) is 1. The van der Waals surface area contributed by atoms with Gasteiger partial charge in [-0.25, -0.2) is 8.42 Å². The number of amides is 1. The molecule has 0 saturated carbocycles. The van der Waals surface area contributed by atoms with E-state index in [-0.39, 0.29) is 24.2 Å². The first-order valence-electron chi connectivity index (χ1n) is 9.53. The first-order valence-corrected chi connectivity index (χ1v) is 11.0. The van der Waals surface area contributed by atoms with Crippen molar-refractivity contribution >= 4 is 28.3 Å². The number of carbonyl (C=O) groups excluding carboxylic acids is 1. The van der Waals surface area contributed by atoms with Gasteiger partial charge in [0.05, 0.1) is 4.90 Å². The van der Waals surface area contributed by atoms with Crippen molar-refractivity contribution in [3.8, 4) is 0 Å². The van der Waals surface area contributed by atoms with E-state index in [2.05, 4.69) is 17.6 Å². The summed E-state index contributed by atoms with van der Waals surface area (Å²) < 4.78 is 26.9. The van der Waals surface area contributed by atoms with Crippen LogP contribution in [-0.2, 0) is 14.8 Å². The van der Waals surface area contributed by atoms with Crippen LogP contribution >= 0.6 is 12.4 Å². The zero-order chi connectivity index (χ0) is 18.6. The van der Waals surface area contributed by atoms with Gasteiger partial charge in [0.2, 0.25) is 15.9 Å². The van der Waals surface area contributed by atoms with Gasteiger partial charge in [0.25, 0.3) is 0 Å². The smallest absolute Gasteiger partial charge is 0.243 e. The maximum absolute atomic E-state index is 12.6. The van der Waals surface area contributed by atoms with Crippen molar-refractivity contribution in [3.05, 3.63) is 30.3 Å². The Labute approximate surface area is 168 Å². The minimum atomic E-state index is -3.40. The maximum atomic E-state index is 12.6. The molecule has 3 rings (SSSR count). The lowest BCUT2D eigenvalue weighted by atomic mass is 9.92. The number of halogens is 1. The zero-order valence-electron chi connectivity index (χ0n) is 15.8. The summed E-state index contributed by atoms with van der Waals surface area (Å²) in [7, 11) is -3.40. The number of piperidine rings is 2. The van der Waals surface area contributed by atoms with Crippen LogP contribution in [0.4, 0.5) is 0 Å². The predicted molar refractivity (Wildman–Crippen MR) is 108 cm³/mol. The third kappa shape index (κ3) is 5.67. The molecular formula is C19H30ClN3O3S. The number of sulfonamides is 1. The molecule has 2 fully saturated rings. The SMILES string of the molecule is C[C@H]1C[C@@H](C(=O)NCC2CCN(S(=O)(=O)c3ccccc3)CC2)CCN1.Cl. The van der Waals surface area contributed by atoms with E-state index in [1.165, 1.54) is 0 Å². The van der Waals surface area contributed by atoms with Gasteiger partial charge in [0, 0.05) is 31.6 Å². The number of benzene rings is 1. The van der Waals surface area contributed by atoms with Gasteiger partial charge in [0.1, 0.15) is 0 Å². The summed E-state index contributed by atoms with van der Waals surface area (Å²) in [6.45, 7) is 4.69. The Bertz CT molecular complexity index is 706. The fraction of sp³-hybridized carbons (Fsp3) is 0.632. The molecule has 0 aromatic heterocycles. The summed E-state index contributed by atoms with van der Waals surface area (Å²) in [5, 5.41) is 6.46. The Hall–Kier alpha value is -1.15. The zero-order valence-corrected chi connectivity index (χ0v) is 17.4. The van der Waals surface area contributed by atoms with Gasteiger partial charge in [-0.05, 0) is 57.2 Å². The highest BCUT2D eigenvalue weighted by atomic mass is 35.5. The molecule has 0 unspecified atom stereocenters. The minimum absolute atomic E-state index is 0. The monoisotopic (exact) mass is 415 g/mol. The van der Waals surface area contributed by atoms with Crippen LogP contribution < -0.4 is 10.6 Å². The highest BCUT2D eigenvalue weighted by molar-refractivity contribution is 7.89. The molecule has 0 aliphatic carbocycles. The van der Waals surface area contributed by atoms with E-state index in [9.17, 15) is 13.2 Å². The molecule has 152 valence electrons. The number of nitrogens with one attached hydrogen (secondary N) is 2. The van der Waals surface area contributed by atoms with E-state index in [0.717, 1.165) is 32.2 Å². The van der Waals surface area contributed by atoms with Crippen LogP contribution in [0.3, 0.4) is 0 Å². The minimum Gasteiger partial charge on any atom is -0.356 e. The molecule has 6 nitrogen and oxygen atoms in total. The van der Waals surface area contributed by atoms with Gasteiger partial charge in [0.15, 0.2) is 0 Å². The van der Waals surface area contributed by atoms with Gasteiger partial charge in [-0.15, -0.1) is 12.4 Å². The number of rotatable bonds is 5. The Kier molecular flexibility index (Phi) is 8.09. The molecule has 2 atom stereocenters. The van der Waals surface area contributed by atoms with Crippen molar-refractivity contribution in [2.75, 3.05) is 26.2 Å². The van der Waals surface area contributed by atoms with Gasteiger partial charge in [-0.1, -0.05) is 18.2 Å². The number of hydrogen-bond donors (Lipinski definition) is 2. The lowest BCUT2D eigenvalue weighted by Crippen LogP contribution is -2.45. The summed E-state index contributed by atoms with van der Waals surface area (Å²) in [6, 6.07) is 8.99. The van der Waals surface area contributed by atoms with E-state index in [1.54, 1.807) is 28.6 Å². The molecule has 1 aromatic rings. The molecule has 0 bridgehead atoms. The summed E-state index contributed by atoms with van der Waals surface area (Å²) >= 11 is 0. The standard InChI is InChI=1S/C19H29N3O3S.ClH/c1-15-13-17(7-10-20-15)19(23)21-14-16-8-11-22(12-9-16)26(24,25)18-5-3-2-4-6-18;/h2-6,15-17,20H,7-14H2,1H3,(H,21,23);1H/t15-,17-;/m0./s1. The third-order valence-corrected chi connectivity index (χ3v) is 7.43. The van der Waals surface area contributed by atoms with Crippen molar-refractivity contribution in [2.24, 2.45) is 11.8 Å². The molecule has 2 N–H and O–H groups in total. The molecule has 0 radical (unpaired) electrons. The molecule has 2 saturated heterocycles. The fourth-order valence-electron chi connectivity index (χ4n) is 3.85. The van der Waals surface area contributed by atoms with Crippen molar-refractivity contribution in [2.45, 2.75) is 43.5 Å². The first-order chi connectivity index (χ1) is 12.5. The topological polar surface area (TPSA) is 78.5 Å². The molecule has 2 heterocycles. The molecular weight excluding hydrogens is 386 g/mol. The van der Waals surface area contributed by atoms with Gasteiger partial charge in [-0.3, -0.25) is 4.79 Å². The van der Waals surface area contributed by atoms with Gasteiger partial charge in [-0.2, -0.15) is 4.31 Å². The second-order valence-corrected chi connectivity index (χ2v) is 9.42. The lowest BCUT2D eigenvalue weighted by Gasteiger charge is -2.32. The van der Waals surface area contributed by atoms with Gasteiger partial charge < -0.3 is 10.6 Å². The summed E-state index contributed by atoms with van der Waals surface area (Å²) in [4.78, 5) is 12.7. The quantitative estimate of drug-likeness (QED) is 0.771. The van der Waals surface area contributed by atoms with E-state index < -0.39 is 10.0 Å². The van der Waals surface area contributed by atoms with Crippen LogP contribution in [0.15, 0.2) is 35.2 Å². The molecule has 1 amide bonds. The normalized spacial score (nSPS) is 24.8. The molecule has 8 heteroatoms. The average Bonchev–Trinajstić information content (AvgIpc) is 2.67. The van der Waals surface area contributed by atoms with Crippen molar-refractivity contribution in [3.63, 3.8) is 0 Å².